The molecule has 0 unspecified atom stereocenters. The van der Waals surface area contributed by atoms with Crippen LogP contribution in [0.2, 0.25) is 5.15 Å². The van der Waals surface area contributed by atoms with Gasteiger partial charge in [-0.25, -0.2) is 13.4 Å². The van der Waals surface area contributed by atoms with E-state index in [0.29, 0.717) is 47.7 Å². The van der Waals surface area contributed by atoms with Crippen molar-refractivity contribution in [2.45, 2.75) is 11.3 Å². The van der Waals surface area contributed by atoms with Gasteiger partial charge in [0.05, 0.1) is 29.1 Å². The number of para-hydroxylation sites is 1. The van der Waals surface area contributed by atoms with Gasteiger partial charge >= 0.3 is 29.6 Å². The summed E-state index contributed by atoms with van der Waals surface area (Å²) in [5, 5.41) is 11.9. The number of carbonyl (C=O) groups excluding carboxylic acids is 1. The van der Waals surface area contributed by atoms with E-state index in [9.17, 15) is 17.8 Å². The Kier molecular flexibility index (Phi) is 11.0. The van der Waals surface area contributed by atoms with Gasteiger partial charge in [0, 0.05) is 34.6 Å². The predicted molar refractivity (Wildman–Crippen MR) is 162 cm³/mol. The number of azo groups is 1. The van der Waals surface area contributed by atoms with E-state index in [1.54, 1.807) is 36.4 Å². The molecule has 14 heteroatoms. The molecule has 3 aromatic carbocycles. The number of hydrogen-bond donors (Lipinski definition) is 2. The number of fused-ring (bicyclic) bond motifs is 1. The number of hydrogen-bond acceptors (Lipinski definition) is 10. The van der Waals surface area contributed by atoms with Crippen LogP contribution in [0.4, 0.5) is 17.1 Å². The number of nitrogens with zero attached hydrogens (tertiary/aromatic N) is 4. The molecule has 0 radical (unpaired) electrons. The molecule has 0 atom stereocenters. The van der Waals surface area contributed by atoms with E-state index in [4.69, 9.17) is 22.1 Å². The van der Waals surface area contributed by atoms with Crippen LogP contribution in [0.25, 0.3) is 22.0 Å². The maximum atomic E-state index is 12.2. The third-order valence-corrected chi connectivity index (χ3v) is 7.42. The molecule has 0 aliphatic carbocycles. The van der Waals surface area contributed by atoms with E-state index in [-0.39, 0.29) is 57.4 Å². The second-order valence-corrected chi connectivity index (χ2v) is 11.0. The van der Waals surface area contributed by atoms with Crippen molar-refractivity contribution in [3.8, 4) is 17.0 Å². The molecule has 5 rings (SSSR count). The zero-order chi connectivity index (χ0) is 30.4. The number of nitrogens with one attached hydrogen (secondary N) is 1. The van der Waals surface area contributed by atoms with Crippen molar-refractivity contribution in [3.63, 3.8) is 0 Å². The molecular weight excluding hydrogens is 615 g/mol. The monoisotopic (exact) mass is 638 g/mol. The molecule has 0 aliphatic rings. The van der Waals surface area contributed by atoms with E-state index in [2.05, 4.69) is 25.5 Å². The average Bonchev–Trinajstić information content (AvgIpc) is 3.00. The topological polar surface area (TPSA) is 172 Å². The molecular formula is C30H24ClN6NaO5S. The normalized spacial score (nSPS) is 11.3. The quantitative estimate of drug-likeness (QED) is 0.0587. The van der Waals surface area contributed by atoms with Crippen molar-refractivity contribution in [1.29, 1.82) is 0 Å². The van der Waals surface area contributed by atoms with E-state index in [1.807, 2.05) is 24.3 Å². The molecule has 218 valence electrons. The number of benzene rings is 3. The Bertz CT molecular complexity index is 1940. The van der Waals surface area contributed by atoms with Crippen LogP contribution in [0.3, 0.4) is 0 Å². The molecule has 11 nitrogen and oxygen atoms in total. The van der Waals surface area contributed by atoms with Crippen LogP contribution in [0.5, 0.6) is 5.75 Å². The summed E-state index contributed by atoms with van der Waals surface area (Å²) in [4.78, 5) is 20.2. The van der Waals surface area contributed by atoms with Gasteiger partial charge < -0.3 is 20.3 Å². The first-order valence-electron chi connectivity index (χ1n) is 13.0. The Hall–Kier alpha value is -3.91. The van der Waals surface area contributed by atoms with Crippen LogP contribution in [0, 0.1) is 0 Å². The molecule has 2 aromatic heterocycles. The molecule has 0 saturated carbocycles. The number of amides is 1. The van der Waals surface area contributed by atoms with Gasteiger partial charge in [0.15, 0.2) is 0 Å². The molecule has 0 bridgehead atoms. The molecule has 5 aromatic rings. The Morgan fingerprint density at radius 1 is 0.977 bits per heavy atom. The van der Waals surface area contributed by atoms with Crippen molar-refractivity contribution in [2.75, 3.05) is 18.9 Å². The second-order valence-electron chi connectivity index (χ2n) is 9.23. The van der Waals surface area contributed by atoms with E-state index < -0.39 is 15.0 Å². The number of nitrogens with two attached hydrogens (primary N) is 1. The fraction of sp³-hybridized carbons (Fsp3) is 0.100. The minimum absolute atomic E-state index is 0. The van der Waals surface area contributed by atoms with Crippen LogP contribution in [0.1, 0.15) is 16.8 Å². The van der Waals surface area contributed by atoms with Crippen LogP contribution in [-0.2, 0) is 10.1 Å². The zero-order valence-electron chi connectivity index (χ0n) is 23.5. The van der Waals surface area contributed by atoms with Gasteiger partial charge in [-0.2, -0.15) is 0 Å². The van der Waals surface area contributed by atoms with Gasteiger partial charge in [0.25, 0.3) is 5.91 Å². The molecule has 44 heavy (non-hydrogen) atoms. The first-order valence-corrected chi connectivity index (χ1v) is 14.8. The number of ether oxygens (including phenoxy) is 1. The number of halogens is 1. The predicted octanol–water partition coefficient (Wildman–Crippen LogP) is 3.05. The second kappa shape index (κ2) is 14.7. The van der Waals surface area contributed by atoms with Gasteiger partial charge in [-0.05, 0) is 48.9 Å². The smallest absolute Gasteiger partial charge is 0.744 e. The summed E-state index contributed by atoms with van der Waals surface area (Å²) in [6, 6.07) is 21.5. The summed E-state index contributed by atoms with van der Waals surface area (Å²) in [5.41, 5.74) is 8.66. The Balaban J connectivity index is 0.00000442. The number of aromatic nitrogens is 2. The summed E-state index contributed by atoms with van der Waals surface area (Å²) in [6.45, 7) is 0.762. The largest absolute Gasteiger partial charge is 1.00 e. The summed E-state index contributed by atoms with van der Waals surface area (Å²) in [6.07, 6.45) is 3.54. The molecule has 2 heterocycles. The van der Waals surface area contributed by atoms with Crippen molar-refractivity contribution in [1.82, 2.24) is 15.3 Å². The number of anilines is 1. The van der Waals surface area contributed by atoms with Crippen LogP contribution >= 0.6 is 11.6 Å². The van der Waals surface area contributed by atoms with Gasteiger partial charge in [-0.15, -0.1) is 10.2 Å². The minimum atomic E-state index is -4.78. The third-order valence-electron chi connectivity index (χ3n) is 6.33. The van der Waals surface area contributed by atoms with Crippen LogP contribution in [-0.4, -0.2) is 42.0 Å². The van der Waals surface area contributed by atoms with Gasteiger partial charge in [0.2, 0.25) is 0 Å². The van der Waals surface area contributed by atoms with Crippen molar-refractivity contribution < 1.29 is 52.1 Å². The molecule has 0 fully saturated rings. The van der Waals surface area contributed by atoms with Crippen LogP contribution < -0.4 is 45.3 Å². The molecule has 0 saturated heterocycles. The Morgan fingerprint density at radius 2 is 1.73 bits per heavy atom. The number of nitrogen functional groups attached to an aromatic ring is 1. The van der Waals surface area contributed by atoms with E-state index in [1.165, 1.54) is 24.5 Å². The standard InChI is InChI=1S/C30H25ClN6O5S.Na/c31-28-16-19(12-14-33-28)30(38)34-13-5-15-42-26-9-4-3-8-23(26)24-11-10-20(18-35-24)36-37-25-17-27(43(39,40)41)21-6-1-2-7-22(21)29(25)32;/h1-4,6-12,14,16-18H,5,13,15,32H2,(H,34,38)(H,39,40,41);/q;+1/p-1. The van der Waals surface area contributed by atoms with E-state index in [0.717, 1.165) is 11.6 Å². The fourth-order valence-corrected chi connectivity index (χ4v) is 5.14. The Morgan fingerprint density at radius 3 is 2.45 bits per heavy atom. The first kappa shape index (κ1) is 33.0. The summed E-state index contributed by atoms with van der Waals surface area (Å²) in [7, 11) is -4.78. The van der Waals surface area contributed by atoms with E-state index >= 15 is 0 Å². The maximum absolute atomic E-state index is 12.2. The SMILES string of the molecule is Nc1c(N=Nc2ccc(-c3ccccc3OCCCNC(=O)c3ccnc(Cl)c3)nc2)cc(S(=O)(=O)[O-])c2ccccc12.[Na+]. The minimum Gasteiger partial charge on any atom is -0.744 e. The number of rotatable bonds is 10. The third kappa shape index (κ3) is 7.97. The van der Waals surface area contributed by atoms with Crippen molar-refractivity contribution in [3.05, 3.63) is 102 Å². The van der Waals surface area contributed by atoms with Crippen LogP contribution in [0.15, 0.2) is 106 Å². The molecule has 1 amide bonds. The molecule has 3 N–H and O–H groups in total. The molecule has 0 aliphatic heterocycles. The average molecular weight is 639 g/mol. The van der Waals surface area contributed by atoms with Crippen molar-refractivity contribution >= 4 is 55.5 Å². The number of carbonyl (C=O) groups is 1. The van der Waals surface area contributed by atoms with Gasteiger partial charge in [-0.1, -0.05) is 48.0 Å². The van der Waals surface area contributed by atoms with Crippen molar-refractivity contribution in [2.24, 2.45) is 10.2 Å². The Labute approximate surface area is 280 Å². The summed E-state index contributed by atoms with van der Waals surface area (Å²) in [5.74, 6) is 0.372. The number of pyridine rings is 2. The van der Waals surface area contributed by atoms with Gasteiger partial charge in [0.1, 0.15) is 32.4 Å². The van der Waals surface area contributed by atoms with Gasteiger partial charge in [-0.3, -0.25) is 9.78 Å². The fourth-order valence-electron chi connectivity index (χ4n) is 4.26. The summed E-state index contributed by atoms with van der Waals surface area (Å²) < 4.78 is 41.6. The maximum Gasteiger partial charge on any atom is 1.00 e. The zero-order valence-corrected chi connectivity index (χ0v) is 27.0. The first-order chi connectivity index (χ1) is 20.7. The molecule has 0 spiro atoms. The summed E-state index contributed by atoms with van der Waals surface area (Å²) >= 11 is 5.84.